The molecule has 0 spiro atoms. The van der Waals surface area contributed by atoms with E-state index in [0.717, 1.165) is 22.4 Å². The molecule has 0 heterocycles. The standard InChI is InChI=1S/C25H21ClN2O3/c1-30-22-10-8-19(9-11-22)16-28-25(29)21(15-27)14-18-6-12-23(13-7-18)31-17-20-4-2-3-5-24(20)26/h2-14H,16-17H2,1H3,(H,28,29)/b21-14-. The third-order valence-corrected chi connectivity index (χ3v) is 4.89. The fourth-order valence-electron chi connectivity index (χ4n) is 2.77. The summed E-state index contributed by atoms with van der Waals surface area (Å²) in [4.78, 5) is 12.4. The minimum Gasteiger partial charge on any atom is -0.497 e. The summed E-state index contributed by atoms with van der Waals surface area (Å²) >= 11 is 6.14. The molecule has 3 aromatic rings. The van der Waals surface area contributed by atoms with Gasteiger partial charge in [0.15, 0.2) is 0 Å². The smallest absolute Gasteiger partial charge is 0.262 e. The van der Waals surface area contributed by atoms with Gasteiger partial charge in [0.05, 0.1) is 7.11 Å². The molecule has 0 bridgehead atoms. The molecule has 1 amide bonds. The highest BCUT2D eigenvalue weighted by Crippen LogP contribution is 2.20. The van der Waals surface area contributed by atoms with Gasteiger partial charge in [-0.25, -0.2) is 0 Å². The first-order valence-electron chi connectivity index (χ1n) is 9.58. The maximum absolute atomic E-state index is 12.4. The third kappa shape index (κ3) is 6.36. The van der Waals surface area contributed by atoms with Crippen LogP contribution in [-0.4, -0.2) is 13.0 Å². The number of nitrogens with zero attached hydrogens (tertiary/aromatic N) is 1. The summed E-state index contributed by atoms with van der Waals surface area (Å²) in [7, 11) is 1.60. The van der Waals surface area contributed by atoms with Crippen LogP contribution in [0.15, 0.2) is 78.4 Å². The monoisotopic (exact) mass is 432 g/mol. The first-order valence-corrected chi connectivity index (χ1v) is 9.96. The number of hydrogen-bond acceptors (Lipinski definition) is 4. The van der Waals surface area contributed by atoms with Gasteiger partial charge in [-0.1, -0.05) is 54.1 Å². The number of amides is 1. The zero-order chi connectivity index (χ0) is 22.1. The van der Waals surface area contributed by atoms with E-state index in [1.807, 2.05) is 54.6 Å². The lowest BCUT2D eigenvalue weighted by Crippen LogP contribution is -2.23. The molecule has 0 aliphatic rings. The Balaban J connectivity index is 1.58. The molecular formula is C25H21ClN2O3. The van der Waals surface area contributed by atoms with E-state index in [2.05, 4.69) is 5.32 Å². The minimum atomic E-state index is -0.433. The van der Waals surface area contributed by atoms with E-state index in [-0.39, 0.29) is 5.57 Å². The van der Waals surface area contributed by atoms with Gasteiger partial charge in [-0.2, -0.15) is 5.26 Å². The molecule has 1 N–H and O–H groups in total. The second kappa shape index (κ2) is 10.9. The zero-order valence-corrected chi connectivity index (χ0v) is 17.7. The van der Waals surface area contributed by atoms with Gasteiger partial charge in [-0.05, 0) is 47.5 Å². The van der Waals surface area contributed by atoms with Crippen LogP contribution in [0.1, 0.15) is 16.7 Å². The number of nitriles is 1. The molecule has 0 fully saturated rings. The maximum Gasteiger partial charge on any atom is 0.262 e. The second-order valence-electron chi connectivity index (χ2n) is 6.65. The van der Waals surface area contributed by atoms with Gasteiger partial charge >= 0.3 is 0 Å². The molecule has 3 rings (SSSR count). The SMILES string of the molecule is COc1ccc(CNC(=O)/C(C#N)=C\c2ccc(OCc3ccccc3Cl)cc2)cc1. The van der Waals surface area contributed by atoms with E-state index in [1.165, 1.54) is 0 Å². The van der Waals surface area contributed by atoms with Crippen molar-refractivity contribution >= 4 is 23.6 Å². The van der Waals surface area contributed by atoms with E-state index in [1.54, 1.807) is 37.5 Å². The maximum atomic E-state index is 12.4. The zero-order valence-electron chi connectivity index (χ0n) is 17.0. The summed E-state index contributed by atoms with van der Waals surface area (Å²) in [6.45, 7) is 0.669. The van der Waals surface area contributed by atoms with Gasteiger partial charge in [-0.3, -0.25) is 4.79 Å². The normalized spacial score (nSPS) is 10.8. The highest BCUT2D eigenvalue weighted by Gasteiger charge is 2.09. The molecule has 0 atom stereocenters. The van der Waals surface area contributed by atoms with Crippen molar-refractivity contribution in [2.24, 2.45) is 0 Å². The van der Waals surface area contributed by atoms with Crippen LogP contribution >= 0.6 is 11.6 Å². The van der Waals surface area contributed by atoms with Crippen molar-refractivity contribution in [2.45, 2.75) is 13.2 Å². The van der Waals surface area contributed by atoms with E-state index >= 15 is 0 Å². The molecule has 3 aromatic carbocycles. The topological polar surface area (TPSA) is 71.3 Å². The predicted octanol–water partition coefficient (Wildman–Crippen LogP) is 5.15. The summed E-state index contributed by atoms with van der Waals surface area (Å²) in [5, 5.41) is 12.8. The van der Waals surface area contributed by atoms with Crippen LogP contribution in [0.3, 0.4) is 0 Å². The number of methoxy groups -OCH3 is 1. The molecule has 0 aliphatic heterocycles. The van der Waals surface area contributed by atoms with Crippen LogP contribution in [0.5, 0.6) is 11.5 Å². The number of nitrogens with one attached hydrogen (secondary N) is 1. The summed E-state index contributed by atoms with van der Waals surface area (Å²) in [6, 6.07) is 23.9. The lowest BCUT2D eigenvalue weighted by Gasteiger charge is -2.08. The van der Waals surface area contributed by atoms with Gasteiger partial charge in [0.1, 0.15) is 29.7 Å². The quantitative estimate of drug-likeness (QED) is 0.394. The fraction of sp³-hybridized carbons (Fsp3) is 0.120. The second-order valence-corrected chi connectivity index (χ2v) is 7.06. The molecule has 0 aromatic heterocycles. The molecule has 0 radical (unpaired) electrons. The summed E-state index contributed by atoms with van der Waals surface area (Å²) in [6.07, 6.45) is 1.54. The number of carbonyl (C=O) groups excluding carboxylic acids is 1. The van der Waals surface area contributed by atoms with Crippen molar-refractivity contribution in [3.8, 4) is 17.6 Å². The average Bonchev–Trinajstić information content (AvgIpc) is 2.81. The summed E-state index contributed by atoms with van der Waals surface area (Å²) < 4.78 is 10.9. The van der Waals surface area contributed by atoms with Crippen LogP contribution in [0.4, 0.5) is 0 Å². The number of hydrogen-bond donors (Lipinski definition) is 1. The Hall–Kier alpha value is -3.75. The number of ether oxygens (including phenoxy) is 2. The van der Waals surface area contributed by atoms with Crippen LogP contribution < -0.4 is 14.8 Å². The molecular weight excluding hydrogens is 412 g/mol. The van der Waals surface area contributed by atoms with Gasteiger partial charge in [0.2, 0.25) is 0 Å². The predicted molar refractivity (Wildman–Crippen MR) is 121 cm³/mol. The largest absolute Gasteiger partial charge is 0.497 e. The van der Waals surface area contributed by atoms with Crippen molar-refractivity contribution < 1.29 is 14.3 Å². The van der Waals surface area contributed by atoms with E-state index in [0.29, 0.717) is 23.9 Å². The Bertz CT molecular complexity index is 1100. The molecule has 5 nitrogen and oxygen atoms in total. The highest BCUT2D eigenvalue weighted by atomic mass is 35.5. The van der Waals surface area contributed by atoms with Crippen molar-refractivity contribution in [3.05, 3.63) is 100 Å². The van der Waals surface area contributed by atoms with Crippen molar-refractivity contribution in [1.29, 1.82) is 5.26 Å². The first kappa shape index (κ1) is 21.9. The molecule has 31 heavy (non-hydrogen) atoms. The number of carbonyl (C=O) groups is 1. The van der Waals surface area contributed by atoms with Crippen LogP contribution in [0, 0.1) is 11.3 Å². The summed E-state index contributed by atoms with van der Waals surface area (Å²) in [5.41, 5.74) is 2.55. The van der Waals surface area contributed by atoms with E-state index < -0.39 is 5.91 Å². The minimum absolute atomic E-state index is 0.0262. The van der Waals surface area contributed by atoms with Gasteiger partial charge < -0.3 is 14.8 Å². The lowest BCUT2D eigenvalue weighted by molar-refractivity contribution is -0.117. The van der Waals surface area contributed by atoms with E-state index in [9.17, 15) is 10.1 Å². The van der Waals surface area contributed by atoms with Crippen molar-refractivity contribution in [1.82, 2.24) is 5.32 Å². The molecule has 0 saturated carbocycles. The average molecular weight is 433 g/mol. The Morgan fingerprint density at radius 1 is 1.03 bits per heavy atom. The first-order chi connectivity index (χ1) is 15.1. The molecule has 0 aliphatic carbocycles. The molecule has 6 heteroatoms. The lowest BCUT2D eigenvalue weighted by atomic mass is 10.1. The van der Waals surface area contributed by atoms with Gasteiger partial charge in [0, 0.05) is 17.1 Å². The third-order valence-electron chi connectivity index (χ3n) is 4.52. The van der Waals surface area contributed by atoms with Crippen molar-refractivity contribution in [3.63, 3.8) is 0 Å². The Kier molecular flexibility index (Phi) is 7.69. The molecule has 0 unspecified atom stereocenters. The Labute approximate surface area is 186 Å². The molecule has 156 valence electrons. The Morgan fingerprint density at radius 3 is 2.35 bits per heavy atom. The summed E-state index contributed by atoms with van der Waals surface area (Å²) in [5.74, 6) is 0.976. The van der Waals surface area contributed by atoms with Crippen LogP contribution in [0.2, 0.25) is 5.02 Å². The van der Waals surface area contributed by atoms with E-state index in [4.69, 9.17) is 21.1 Å². The number of rotatable bonds is 8. The number of benzene rings is 3. The highest BCUT2D eigenvalue weighted by molar-refractivity contribution is 6.31. The van der Waals surface area contributed by atoms with Crippen molar-refractivity contribution in [2.75, 3.05) is 7.11 Å². The van der Waals surface area contributed by atoms with Gasteiger partial charge in [-0.15, -0.1) is 0 Å². The van der Waals surface area contributed by atoms with Crippen LogP contribution in [-0.2, 0) is 17.9 Å². The fourth-order valence-corrected chi connectivity index (χ4v) is 2.96. The Morgan fingerprint density at radius 2 is 1.71 bits per heavy atom. The van der Waals surface area contributed by atoms with Gasteiger partial charge in [0.25, 0.3) is 5.91 Å². The molecule has 0 saturated heterocycles. The number of halogens is 1. The van der Waals surface area contributed by atoms with Crippen LogP contribution in [0.25, 0.3) is 6.08 Å².